The number of amides is 2. The number of hydrogen-bond acceptors (Lipinski definition) is 3. The van der Waals surface area contributed by atoms with Gasteiger partial charge in [-0.1, -0.05) is 99.1 Å². The normalized spacial score (nSPS) is 12.0. The van der Waals surface area contributed by atoms with Crippen LogP contribution in [0.25, 0.3) is 0 Å². The molecule has 0 aromatic heterocycles. The number of rotatable bonds is 10. The van der Waals surface area contributed by atoms with Crippen molar-refractivity contribution < 1.29 is 14.3 Å². The van der Waals surface area contributed by atoms with Gasteiger partial charge in [-0.15, -0.1) is 0 Å². The SMILES string of the molecule is CCNC(=O)C(Cc1ccccc1)N(Cc1ccc(C)cc1)C(=O)COc1ccccc1C(C)(C)C. The Morgan fingerprint density at radius 3 is 2.17 bits per heavy atom. The summed E-state index contributed by atoms with van der Waals surface area (Å²) in [4.78, 5) is 28.6. The lowest BCUT2D eigenvalue weighted by molar-refractivity contribution is -0.142. The van der Waals surface area contributed by atoms with Crippen LogP contribution in [-0.4, -0.2) is 35.9 Å². The Hall–Kier alpha value is -3.60. The number of benzene rings is 3. The van der Waals surface area contributed by atoms with Crippen molar-refractivity contribution in [3.05, 3.63) is 101 Å². The molecule has 3 aromatic rings. The van der Waals surface area contributed by atoms with Gasteiger partial charge in [-0.2, -0.15) is 0 Å². The second-order valence-corrected chi connectivity index (χ2v) is 10.1. The van der Waals surface area contributed by atoms with Crippen molar-refractivity contribution in [3.63, 3.8) is 0 Å². The highest BCUT2D eigenvalue weighted by molar-refractivity contribution is 5.88. The lowest BCUT2D eigenvalue weighted by atomic mass is 9.86. The van der Waals surface area contributed by atoms with E-state index < -0.39 is 6.04 Å². The minimum atomic E-state index is -0.664. The molecule has 0 fully saturated rings. The van der Waals surface area contributed by atoms with Crippen LogP contribution in [0.15, 0.2) is 78.9 Å². The van der Waals surface area contributed by atoms with Gasteiger partial charge in [0.15, 0.2) is 6.61 Å². The number of hydrogen-bond donors (Lipinski definition) is 1. The fourth-order valence-electron chi connectivity index (χ4n) is 4.17. The van der Waals surface area contributed by atoms with Crippen molar-refractivity contribution in [1.29, 1.82) is 0 Å². The van der Waals surface area contributed by atoms with E-state index in [1.165, 1.54) is 0 Å². The first-order chi connectivity index (χ1) is 17.2. The van der Waals surface area contributed by atoms with Gasteiger partial charge >= 0.3 is 0 Å². The van der Waals surface area contributed by atoms with Crippen molar-refractivity contribution >= 4 is 11.8 Å². The molecular formula is C31H38N2O3. The molecule has 3 rings (SSSR count). The summed E-state index contributed by atoms with van der Waals surface area (Å²) in [5.41, 5.74) is 4.01. The Labute approximate surface area is 215 Å². The lowest BCUT2D eigenvalue weighted by Gasteiger charge is -2.32. The van der Waals surface area contributed by atoms with Crippen molar-refractivity contribution in [2.75, 3.05) is 13.2 Å². The number of ether oxygens (including phenoxy) is 1. The number of carbonyl (C=O) groups excluding carboxylic acids is 2. The average Bonchev–Trinajstić information content (AvgIpc) is 2.86. The maximum Gasteiger partial charge on any atom is 0.261 e. The Morgan fingerprint density at radius 1 is 0.889 bits per heavy atom. The van der Waals surface area contributed by atoms with Gasteiger partial charge in [0.05, 0.1) is 0 Å². The van der Waals surface area contributed by atoms with Gasteiger partial charge in [0.2, 0.25) is 5.91 Å². The van der Waals surface area contributed by atoms with E-state index in [1.807, 2.05) is 92.7 Å². The van der Waals surface area contributed by atoms with Crippen molar-refractivity contribution in [2.45, 2.75) is 59.0 Å². The lowest BCUT2D eigenvalue weighted by Crippen LogP contribution is -2.51. The summed E-state index contributed by atoms with van der Waals surface area (Å²) >= 11 is 0. The maximum atomic E-state index is 13.7. The first kappa shape index (κ1) is 27.0. The van der Waals surface area contributed by atoms with E-state index in [-0.39, 0.29) is 23.8 Å². The van der Waals surface area contributed by atoms with E-state index >= 15 is 0 Å². The Bertz CT molecular complexity index is 1130. The second-order valence-electron chi connectivity index (χ2n) is 10.1. The number of carbonyl (C=O) groups is 2. The number of aryl methyl sites for hydroxylation is 1. The molecule has 190 valence electrons. The van der Waals surface area contributed by atoms with E-state index in [4.69, 9.17) is 4.74 Å². The molecule has 5 nitrogen and oxygen atoms in total. The predicted molar refractivity (Wildman–Crippen MR) is 145 cm³/mol. The zero-order valence-corrected chi connectivity index (χ0v) is 22.1. The van der Waals surface area contributed by atoms with Crippen LogP contribution in [0.4, 0.5) is 0 Å². The highest BCUT2D eigenvalue weighted by Crippen LogP contribution is 2.31. The summed E-state index contributed by atoms with van der Waals surface area (Å²) in [5, 5.41) is 2.93. The topological polar surface area (TPSA) is 58.6 Å². The molecule has 0 aliphatic carbocycles. The van der Waals surface area contributed by atoms with E-state index in [2.05, 4.69) is 26.1 Å². The molecule has 0 spiro atoms. The first-order valence-corrected chi connectivity index (χ1v) is 12.6. The molecule has 0 bridgehead atoms. The molecule has 3 aromatic carbocycles. The van der Waals surface area contributed by atoms with Crippen molar-refractivity contribution in [1.82, 2.24) is 10.2 Å². The molecule has 1 unspecified atom stereocenters. The molecule has 0 aliphatic rings. The fourth-order valence-corrected chi connectivity index (χ4v) is 4.17. The summed E-state index contributed by atoms with van der Waals surface area (Å²) in [5.74, 6) is 0.287. The molecule has 0 radical (unpaired) electrons. The second kappa shape index (κ2) is 12.4. The Kier molecular flexibility index (Phi) is 9.29. The molecule has 0 heterocycles. The van der Waals surface area contributed by atoms with E-state index in [1.54, 1.807) is 4.90 Å². The third kappa shape index (κ3) is 7.45. The average molecular weight is 487 g/mol. The minimum absolute atomic E-state index is 0.127. The molecule has 36 heavy (non-hydrogen) atoms. The summed E-state index contributed by atoms with van der Waals surface area (Å²) in [6.07, 6.45) is 0.419. The van der Waals surface area contributed by atoms with Gasteiger partial charge in [-0.25, -0.2) is 0 Å². The van der Waals surface area contributed by atoms with Gasteiger partial charge in [0.25, 0.3) is 5.91 Å². The Morgan fingerprint density at radius 2 is 1.53 bits per heavy atom. The van der Waals surface area contributed by atoms with Crippen LogP contribution >= 0.6 is 0 Å². The quantitative estimate of drug-likeness (QED) is 0.415. The van der Waals surface area contributed by atoms with Crippen LogP contribution < -0.4 is 10.1 Å². The van der Waals surface area contributed by atoms with Crippen LogP contribution in [0.2, 0.25) is 0 Å². The fraction of sp³-hybridized carbons (Fsp3) is 0.355. The van der Waals surface area contributed by atoms with Gasteiger partial charge in [-0.05, 0) is 42.0 Å². The molecule has 0 saturated heterocycles. The maximum absolute atomic E-state index is 13.7. The van der Waals surface area contributed by atoms with Crippen LogP contribution in [0.1, 0.15) is 49.9 Å². The summed E-state index contributed by atoms with van der Waals surface area (Å²) < 4.78 is 6.08. The first-order valence-electron chi connectivity index (χ1n) is 12.6. The Balaban J connectivity index is 1.91. The third-order valence-electron chi connectivity index (χ3n) is 6.14. The molecule has 0 saturated carbocycles. The van der Waals surface area contributed by atoms with Gasteiger partial charge < -0.3 is 15.0 Å². The van der Waals surface area contributed by atoms with E-state index in [9.17, 15) is 9.59 Å². The van der Waals surface area contributed by atoms with Crippen molar-refractivity contribution in [3.8, 4) is 5.75 Å². The minimum Gasteiger partial charge on any atom is -0.483 e. The van der Waals surface area contributed by atoms with Gasteiger partial charge in [0.1, 0.15) is 11.8 Å². The van der Waals surface area contributed by atoms with E-state index in [0.29, 0.717) is 25.3 Å². The standard InChI is InChI=1S/C31H38N2O3/c1-6-32-30(35)27(20-24-12-8-7-9-13-24)33(21-25-18-16-23(2)17-19-25)29(34)22-36-28-15-11-10-14-26(28)31(3,4)5/h7-19,27H,6,20-22H2,1-5H3,(H,32,35). The summed E-state index contributed by atoms with van der Waals surface area (Å²) in [7, 11) is 0. The van der Waals surface area contributed by atoms with Crippen LogP contribution in [0, 0.1) is 6.92 Å². The monoisotopic (exact) mass is 486 g/mol. The molecule has 1 N–H and O–H groups in total. The third-order valence-corrected chi connectivity index (χ3v) is 6.14. The largest absolute Gasteiger partial charge is 0.483 e. The van der Waals surface area contributed by atoms with E-state index in [0.717, 1.165) is 22.3 Å². The predicted octanol–water partition coefficient (Wildman–Crippen LogP) is 5.45. The number of nitrogens with zero attached hydrogens (tertiary/aromatic N) is 1. The summed E-state index contributed by atoms with van der Waals surface area (Å²) in [6.45, 7) is 10.9. The molecule has 0 aliphatic heterocycles. The highest BCUT2D eigenvalue weighted by Gasteiger charge is 2.31. The highest BCUT2D eigenvalue weighted by atomic mass is 16.5. The van der Waals surface area contributed by atoms with Gasteiger partial charge in [-0.3, -0.25) is 9.59 Å². The number of nitrogens with one attached hydrogen (secondary N) is 1. The zero-order valence-electron chi connectivity index (χ0n) is 22.1. The molecular weight excluding hydrogens is 448 g/mol. The number of para-hydroxylation sites is 1. The number of likely N-dealkylation sites (N-methyl/N-ethyl adjacent to an activating group) is 1. The molecule has 2 amide bonds. The summed E-state index contributed by atoms with van der Waals surface area (Å²) in [6, 6.07) is 25.0. The van der Waals surface area contributed by atoms with Gasteiger partial charge in [0, 0.05) is 19.5 Å². The van der Waals surface area contributed by atoms with Crippen LogP contribution in [0.5, 0.6) is 5.75 Å². The van der Waals surface area contributed by atoms with Crippen LogP contribution in [-0.2, 0) is 28.0 Å². The van der Waals surface area contributed by atoms with Crippen molar-refractivity contribution in [2.24, 2.45) is 0 Å². The van der Waals surface area contributed by atoms with Crippen LogP contribution in [0.3, 0.4) is 0 Å². The zero-order chi connectivity index (χ0) is 26.1. The molecule has 5 heteroatoms. The molecule has 1 atom stereocenters. The smallest absolute Gasteiger partial charge is 0.261 e.